The Balaban J connectivity index is 0.00000385. The van der Waals surface area contributed by atoms with Crippen LogP contribution in [0.1, 0.15) is 27.7 Å². The van der Waals surface area contributed by atoms with Gasteiger partial charge in [0.2, 0.25) is 0 Å². The molecule has 2 N–H and O–H groups in total. The molecule has 0 aliphatic rings. The molecular formula is C24H31ClN4O3S. The van der Waals surface area contributed by atoms with Gasteiger partial charge in [-0.15, -0.1) is 17.5 Å². The van der Waals surface area contributed by atoms with E-state index in [0.717, 1.165) is 35.2 Å². The maximum absolute atomic E-state index is 11.2. The van der Waals surface area contributed by atoms with Crippen LogP contribution in [0.3, 0.4) is 0 Å². The average Bonchev–Trinajstić information content (AvgIpc) is 2.75. The fourth-order valence-electron chi connectivity index (χ4n) is 3.75. The molecule has 0 bridgehead atoms. The topological polar surface area (TPSA) is 94.4 Å². The second kappa shape index (κ2) is 11.6. The van der Waals surface area contributed by atoms with Gasteiger partial charge in [-0.05, 0) is 64.1 Å². The standard InChI is InChI=1S/C24H30N4O3S.ClH/c1-17(2)28(18(3)4)16-15-25-23-13-14-24(22-8-6-5-7-21(22)23)27-26-19-9-11-20(12-10-19)32(29,30)31;/h5-14,17-18,25H,15-16H2,1-4H3,(H,29,30,31);1H. The van der Waals surface area contributed by atoms with Crippen LogP contribution in [0.15, 0.2) is 75.8 Å². The van der Waals surface area contributed by atoms with Crippen molar-refractivity contribution in [3.05, 3.63) is 60.7 Å². The summed E-state index contributed by atoms with van der Waals surface area (Å²) < 4.78 is 31.4. The molecule has 0 spiro atoms. The Kier molecular flexibility index (Phi) is 9.36. The third-order valence-electron chi connectivity index (χ3n) is 5.32. The summed E-state index contributed by atoms with van der Waals surface area (Å²) in [6, 6.07) is 18.5. The molecule has 0 amide bonds. The number of nitrogens with one attached hydrogen (secondary N) is 1. The van der Waals surface area contributed by atoms with Crippen LogP contribution < -0.4 is 5.32 Å². The van der Waals surface area contributed by atoms with Crippen molar-refractivity contribution < 1.29 is 13.0 Å². The van der Waals surface area contributed by atoms with Crippen molar-refractivity contribution >= 4 is 50.4 Å². The Hall–Kier alpha value is -2.52. The van der Waals surface area contributed by atoms with Gasteiger partial charge in [0.05, 0.1) is 16.3 Å². The zero-order valence-electron chi connectivity index (χ0n) is 19.3. The molecule has 0 aromatic heterocycles. The van der Waals surface area contributed by atoms with Crippen molar-refractivity contribution in [2.45, 2.75) is 44.7 Å². The van der Waals surface area contributed by atoms with E-state index in [1.165, 1.54) is 24.3 Å². The quantitative estimate of drug-likeness (QED) is 0.265. The summed E-state index contributed by atoms with van der Waals surface area (Å²) in [6.07, 6.45) is 0. The summed E-state index contributed by atoms with van der Waals surface area (Å²) >= 11 is 0. The van der Waals surface area contributed by atoms with E-state index in [4.69, 9.17) is 4.55 Å². The van der Waals surface area contributed by atoms with Crippen LogP contribution in [0, 0.1) is 0 Å². The number of halogens is 1. The van der Waals surface area contributed by atoms with Crippen molar-refractivity contribution in [2.75, 3.05) is 18.4 Å². The van der Waals surface area contributed by atoms with Crippen LogP contribution in [0.25, 0.3) is 10.8 Å². The van der Waals surface area contributed by atoms with Gasteiger partial charge in [0.15, 0.2) is 0 Å². The first kappa shape index (κ1) is 26.7. The third-order valence-corrected chi connectivity index (χ3v) is 6.19. The van der Waals surface area contributed by atoms with Crippen LogP contribution in [0.5, 0.6) is 0 Å². The number of anilines is 1. The number of rotatable bonds is 9. The van der Waals surface area contributed by atoms with Crippen LogP contribution in [0.4, 0.5) is 17.1 Å². The Bertz CT molecular complexity index is 1190. The maximum atomic E-state index is 11.2. The average molecular weight is 491 g/mol. The molecule has 0 aliphatic carbocycles. The second-order valence-corrected chi connectivity index (χ2v) is 9.62. The molecule has 0 heterocycles. The highest BCUT2D eigenvalue weighted by molar-refractivity contribution is 7.85. The molecule has 9 heteroatoms. The number of nitrogens with zero attached hydrogens (tertiary/aromatic N) is 3. The Morgan fingerprint density at radius 1 is 0.879 bits per heavy atom. The fraction of sp³-hybridized carbons (Fsp3) is 0.333. The number of fused-ring (bicyclic) bond motifs is 1. The highest BCUT2D eigenvalue weighted by Gasteiger charge is 2.13. The molecule has 0 aliphatic heterocycles. The second-order valence-electron chi connectivity index (χ2n) is 8.20. The highest BCUT2D eigenvalue weighted by atomic mass is 35.5. The van der Waals surface area contributed by atoms with E-state index in [9.17, 15) is 8.42 Å². The lowest BCUT2D eigenvalue weighted by atomic mass is 10.1. The maximum Gasteiger partial charge on any atom is 0.294 e. The smallest absolute Gasteiger partial charge is 0.294 e. The zero-order chi connectivity index (χ0) is 23.3. The van der Waals surface area contributed by atoms with E-state index in [0.29, 0.717) is 17.8 Å². The normalized spacial score (nSPS) is 12.1. The summed E-state index contributed by atoms with van der Waals surface area (Å²) in [5.74, 6) is 0. The molecule has 0 unspecified atom stereocenters. The molecule has 0 radical (unpaired) electrons. The van der Waals surface area contributed by atoms with E-state index in [2.05, 4.69) is 54.2 Å². The van der Waals surface area contributed by atoms with Crippen molar-refractivity contribution in [2.24, 2.45) is 10.2 Å². The van der Waals surface area contributed by atoms with Gasteiger partial charge in [-0.25, -0.2) is 0 Å². The van der Waals surface area contributed by atoms with Gasteiger partial charge < -0.3 is 5.32 Å². The molecule has 3 rings (SSSR count). The largest absolute Gasteiger partial charge is 0.383 e. The first-order valence-corrected chi connectivity index (χ1v) is 12.1. The van der Waals surface area contributed by atoms with Crippen LogP contribution in [-0.2, 0) is 10.1 Å². The zero-order valence-corrected chi connectivity index (χ0v) is 20.9. The van der Waals surface area contributed by atoms with Gasteiger partial charge in [-0.1, -0.05) is 24.3 Å². The first-order chi connectivity index (χ1) is 15.2. The first-order valence-electron chi connectivity index (χ1n) is 10.7. The lowest BCUT2D eigenvalue weighted by Crippen LogP contribution is -2.40. The summed E-state index contributed by atoms with van der Waals surface area (Å²) in [4.78, 5) is 2.27. The number of benzene rings is 3. The summed E-state index contributed by atoms with van der Waals surface area (Å²) in [6.45, 7) is 10.6. The highest BCUT2D eigenvalue weighted by Crippen LogP contribution is 2.33. The minimum absolute atomic E-state index is 0. The lowest BCUT2D eigenvalue weighted by molar-refractivity contribution is 0.182. The number of azo groups is 1. The molecule has 0 saturated carbocycles. The van der Waals surface area contributed by atoms with Crippen molar-refractivity contribution in [3.63, 3.8) is 0 Å². The minimum Gasteiger partial charge on any atom is -0.383 e. The lowest BCUT2D eigenvalue weighted by Gasteiger charge is -2.30. The van der Waals surface area contributed by atoms with Gasteiger partial charge in [0, 0.05) is 41.6 Å². The summed E-state index contributed by atoms with van der Waals surface area (Å²) in [7, 11) is -4.23. The van der Waals surface area contributed by atoms with E-state index >= 15 is 0 Å². The van der Waals surface area contributed by atoms with Crippen LogP contribution in [-0.4, -0.2) is 43.0 Å². The molecule has 3 aromatic carbocycles. The van der Waals surface area contributed by atoms with Crippen LogP contribution in [0.2, 0.25) is 0 Å². The molecule has 0 saturated heterocycles. The molecular weight excluding hydrogens is 460 g/mol. The van der Waals surface area contributed by atoms with E-state index in [-0.39, 0.29) is 17.3 Å². The summed E-state index contributed by atoms with van der Waals surface area (Å²) in [5, 5.41) is 14.2. The third kappa shape index (κ3) is 6.98. The molecule has 33 heavy (non-hydrogen) atoms. The molecule has 7 nitrogen and oxygen atoms in total. The van der Waals surface area contributed by atoms with E-state index in [1.807, 2.05) is 30.3 Å². The minimum atomic E-state index is -4.23. The fourth-order valence-corrected chi connectivity index (χ4v) is 4.23. The van der Waals surface area contributed by atoms with Crippen LogP contribution >= 0.6 is 12.4 Å². The number of hydrogen-bond acceptors (Lipinski definition) is 6. The molecule has 0 fully saturated rings. The number of hydrogen-bond donors (Lipinski definition) is 2. The monoisotopic (exact) mass is 490 g/mol. The van der Waals surface area contributed by atoms with Gasteiger partial charge in [-0.3, -0.25) is 9.45 Å². The van der Waals surface area contributed by atoms with E-state index in [1.54, 1.807) is 0 Å². The Labute approximate surface area is 202 Å². The Morgan fingerprint density at radius 3 is 2.06 bits per heavy atom. The van der Waals surface area contributed by atoms with Crippen molar-refractivity contribution in [1.82, 2.24) is 4.90 Å². The van der Waals surface area contributed by atoms with Crippen molar-refractivity contribution in [3.8, 4) is 0 Å². The van der Waals surface area contributed by atoms with Gasteiger partial charge >= 0.3 is 0 Å². The van der Waals surface area contributed by atoms with E-state index < -0.39 is 10.1 Å². The van der Waals surface area contributed by atoms with Gasteiger partial charge in [-0.2, -0.15) is 13.5 Å². The molecule has 0 atom stereocenters. The predicted molar refractivity (Wildman–Crippen MR) is 137 cm³/mol. The molecule has 178 valence electrons. The summed E-state index contributed by atoms with van der Waals surface area (Å²) in [5.41, 5.74) is 2.26. The molecule has 3 aromatic rings. The van der Waals surface area contributed by atoms with Crippen molar-refractivity contribution in [1.29, 1.82) is 0 Å². The van der Waals surface area contributed by atoms with Gasteiger partial charge in [0.1, 0.15) is 0 Å². The Morgan fingerprint density at radius 2 is 1.48 bits per heavy atom. The SMILES string of the molecule is CC(C)N(CCNc1ccc(N=Nc2ccc(S(=O)(=O)O)cc2)c2ccccc12)C(C)C.Cl. The van der Waals surface area contributed by atoms with Gasteiger partial charge in [0.25, 0.3) is 10.1 Å². The predicted octanol–water partition coefficient (Wildman–Crippen LogP) is 6.45.